The fraction of sp³-hybridized carbons (Fsp3) is 0.500. The standard InChI is InChI=1S/C14H20ClNOS/c1-3-18-9-8-11(2)16-14(17)13-6-4-12(10-15)5-7-13/h4-7,11H,3,8-10H2,1-2H3,(H,16,17). The third-order valence-corrected chi connectivity index (χ3v) is 3.89. The van der Waals surface area contributed by atoms with Crippen LogP contribution in [-0.2, 0) is 5.88 Å². The number of hydrogen-bond donors (Lipinski definition) is 1. The van der Waals surface area contributed by atoms with Gasteiger partial charge in [0.25, 0.3) is 5.91 Å². The Morgan fingerprint density at radius 3 is 2.61 bits per heavy atom. The van der Waals surface area contributed by atoms with E-state index in [9.17, 15) is 4.79 Å². The molecule has 1 amide bonds. The van der Waals surface area contributed by atoms with Crippen LogP contribution in [0.3, 0.4) is 0 Å². The van der Waals surface area contributed by atoms with Crippen molar-refractivity contribution < 1.29 is 4.79 Å². The molecule has 0 spiro atoms. The number of hydrogen-bond acceptors (Lipinski definition) is 2. The highest BCUT2D eigenvalue weighted by Gasteiger charge is 2.09. The molecule has 0 saturated carbocycles. The van der Waals surface area contributed by atoms with Gasteiger partial charge in [-0.1, -0.05) is 19.1 Å². The summed E-state index contributed by atoms with van der Waals surface area (Å²) in [7, 11) is 0. The maximum absolute atomic E-state index is 11.9. The maximum atomic E-state index is 11.9. The molecule has 0 aliphatic heterocycles. The van der Waals surface area contributed by atoms with Crippen molar-refractivity contribution in [2.75, 3.05) is 11.5 Å². The molecule has 0 aromatic heterocycles. The highest BCUT2D eigenvalue weighted by atomic mass is 35.5. The summed E-state index contributed by atoms with van der Waals surface area (Å²) in [6.45, 7) is 4.19. The van der Waals surface area contributed by atoms with E-state index in [0.29, 0.717) is 11.4 Å². The van der Waals surface area contributed by atoms with Crippen LogP contribution in [0.15, 0.2) is 24.3 Å². The van der Waals surface area contributed by atoms with Crippen LogP contribution in [0.4, 0.5) is 0 Å². The predicted octanol–water partition coefficient (Wildman–Crippen LogP) is 3.69. The van der Waals surface area contributed by atoms with E-state index in [4.69, 9.17) is 11.6 Å². The molecule has 18 heavy (non-hydrogen) atoms. The first kappa shape index (κ1) is 15.4. The van der Waals surface area contributed by atoms with Crippen LogP contribution in [0.1, 0.15) is 36.2 Å². The summed E-state index contributed by atoms with van der Waals surface area (Å²) in [5.41, 5.74) is 1.72. The van der Waals surface area contributed by atoms with E-state index in [-0.39, 0.29) is 11.9 Å². The predicted molar refractivity (Wildman–Crippen MR) is 80.5 cm³/mol. The molecule has 0 aliphatic carbocycles. The molecule has 1 rings (SSSR count). The van der Waals surface area contributed by atoms with Crippen molar-refractivity contribution in [3.05, 3.63) is 35.4 Å². The van der Waals surface area contributed by atoms with Crippen LogP contribution < -0.4 is 5.32 Å². The lowest BCUT2D eigenvalue weighted by Crippen LogP contribution is -2.32. The zero-order chi connectivity index (χ0) is 13.4. The number of carbonyl (C=O) groups excluding carboxylic acids is 1. The van der Waals surface area contributed by atoms with Crippen LogP contribution in [0.25, 0.3) is 0 Å². The molecule has 0 saturated heterocycles. The minimum Gasteiger partial charge on any atom is -0.350 e. The lowest BCUT2D eigenvalue weighted by molar-refractivity contribution is 0.0939. The van der Waals surface area contributed by atoms with Crippen molar-refractivity contribution in [2.45, 2.75) is 32.2 Å². The summed E-state index contributed by atoms with van der Waals surface area (Å²) < 4.78 is 0. The Balaban J connectivity index is 2.43. The van der Waals surface area contributed by atoms with E-state index < -0.39 is 0 Å². The fourth-order valence-corrected chi connectivity index (χ4v) is 2.52. The smallest absolute Gasteiger partial charge is 0.251 e. The van der Waals surface area contributed by atoms with Crippen molar-refractivity contribution in [1.82, 2.24) is 5.32 Å². The first-order valence-electron chi connectivity index (χ1n) is 6.21. The second kappa shape index (κ2) is 8.44. The molecule has 0 radical (unpaired) electrons. The molecule has 4 heteroatoms. The number of alkyl halides is 1. The van der Waals surface area contributed by atoms with Crippen LogP contribution >= 0.6 is 23.4 Å². The zero-order valence-electron chi connectivity index (χ0n) is 10.9. The molecular formula is C14H20ClNOS. The van der Waals surface area contributed by atoms with E-state index in [1.165, 1.54) is 0 Å². The minimum absolute atomic E-state index is 0.00915. The normalized spacial score (nSPS) is 12.2. The van der Waals surface area contributed by atoms with Crippen LogP contribution in [0.2, 0.25) is 0 Å². The summed E-state index contributed by atoms with van der Waals surface area (Å²) >= 11 is 7.61. The van der Waals surface area contributed by atoms with Gasteiger partial charge in [-0.15, -0.1) is 11.6 Å². The molecule has 1 aromatic carbocycles. The van der Waals surface area contributed by atoms with Crippen molar-refractivity contribution in [2.24, 2.45) is 0 Å². The molecular weight excluding hydrogens is 266 g/mol. The number of thioether (sulfide) groups is 1. The zero-order valence-corrected chi connectivity index (χ0v) is 12.5. The SMILES string of the molecule is CCSCCC(C)NC(=O)c1ccc(CCl)cc1. The summed E-state index contributed by atoms with van der Waals surface area (Å²) in [5, 5.41) is 3.01. The third-order valence-electron chi connectivity index (χ3n) is 2.65. The summed E-state index contributed by atoms with van der Waals surface area (Å²) in [4.78, 5) is 11.9. The molecule has 0 heterocycles. The lowest BCUT2D eigenvalue weighted by atomic mass is 10.1. The monoisotopic (exact) mass is 285 g/mol. The van der Waals surface area contributed by atoms with Gasteiger partial charge in [0.1, 0.15) is 0 Å². The summed E-state index contributed by atoms with van der Waals surface area (Å²) in [5.74, 6) is 2.68. The second-order valence-corrected chi connectivity index (χ2v) is 5.85. The highest BCUT2D eigenvalue weighted by molar-refractivity contribution is 7.99. The van der Waals surface area contributed by atoms with Crippen molar-refractivity contribution in [3.63, 3.8) is 0 Å². The minimum atomic E-state index is -0.00915. The molecule has 1 atom stereocenters. The topological polar surface area (TPSA) is 29.1 Å². The quantitative estimate of drug-likeness (QED) is 0.611. The number of amides is 1. The Bertz CT molecular complexity index is 367. The highest BCUT2D eigenvalue weighted by Crippen LogP contribution is 2.08. The first-order chi connectivity index (χ1) is 8.67. The van der Waals surface area contributed by atoms with Gasteiger partial charge in [0, 0.05) is 17.5 Å². The first-order valence-corrected chi connectivity index (χ1v) is 7.89. The van der Waals surface area contributed by atoms with Gasteiger partial charge in [0.2, 0.25) is 0 Å². The molecule has 0 aliphatic rings. The fourth-order valence-electron chi connectivity index (χ4n) is 1.53. The average molecular weight is 286 g/mol. The van der Waals surface area contributed by atoms with Gasteiger partial charge in [-0.2, -0.15) is 11.8 Å². The van der Waals surface area contributed by atoms with Gasteiger partial charge in [0.15, 0.2) is 0 Å². The van der Waals surface area contributed by atoms with E-state index in [2.05, 4.69) is 12.2 Å². The van der Waals surface area contributed by atoms with E-state index in [1.807, 2.05) is 43.0 Å². The summed E-state index contributed by atoms with van der Waals surface area (Å²) in [6, 6.07) is 7.63. The Morgan fingerprint density at radius 1 is 1.39 bits per heavy atom. The Labute approximate surface area is 118 Å². The van der Waals surface area contributed by atoms with E-state index in [0.717, 1.165) is 23.5 Å². The van der Waals surface area contributed by atoms with Crippen molar-refractivity contribution in [3.8, 4) is 0 Å². The third kappa shape index (κ3) is 5.32. The maximum Gasteiger partial charge on any atom is 0.251 e. The molecule has 0 bridgehead atoms. The number of rotatable bonds is 7. The van der Waals surface area contributed by atoms with Crippen molar-refractivity contribution >= 4 is 29.3 Å². The molecule has 2 nitrogen and oxygen atoms in total. The second-order valence-electron chi connectivity index (χ2n) is 4.19. The molecule has 1 N–H and O–H groups in total. The van der Waals surface area contributed by atoms with Gasteiger partial charge in [-0.05, 0) is 42.5 Å². The van der Waals surface area contributed by atoms with Gasteiger partial charge < -0.3 is 5.32 Å². The number of halogens is 1. The van der Waals surface area contributed by atoms with Crippen LogP contribution in [-0.4, -0.2) is 23.5 Å². The summed E-state index contributed by atoms with van der Waals surface area (Å²) in [6.07, 6.45) is 1.00. The number of benzene rings is 1. The number of nitrogens with one attached hydrogen (secondary N) is 1. The van der Waals surface area contributed by atoms with Crippen LogP contribution in [0, 0.1) is 0 Å². The van der Waals surface area contributed by atoms with E-state index in [1.54, 1.807) is 0 Å². The van der Waals surface area contributed by atoms with E-state index >= 15 is 0 Å². The molecule has 1 unspecified atom stereocenters. The molecule has 100 valence electrons. The largest absolute Gasteiger partial charge is 0.350 e. The van der Waals surface area contributed by atoms with Gasteiger partial charge in [-0.3, -0.25) is 4.79 Å². The van der Waals surface area contributed by atoms with Crippen molar-refractivity contribution in [1.29, 1.82) is 0 Å². The van der Waals surface area contributed by atoms with Gasteiger partial charge >= 0.3 is 0 Å². The Kier molecular flexibility index (Phi) is 7.21. The van der Waals surface area contributed by atoms with Gasteiger partial charge in [-0.25, -0.2) is 0 Å². The lowest BCUT2D eigenvalue weighted by Gasteiger charge is -2.13. The van der Waals surface area contributed by atoms with Crippen LogP contribution in [0.5, 0.6) is 0 Å². The Hall–Kier alpha value is -0.670. The number of carbonyl (C=O) groups is 1. The average Bonchev–Trinajstić information content (AvgIpc) is 2.39. The molecule has 0 fully saturated rings. The van der Waals surface area contributed by atoms with Gasteiger partial charge in [0.05, 0.1) is 0 Å². The molecule has 1 aromatic rings. The Morgan fingerprint density at radius 2 is 2.06 bits per heavy atom.